The maximum absolute atomic E-state index is 10.9. The van der Waals surface area contributed by atoms with Crippen molar-refractivity contribution >= 4 is 27.0 Å². The van der Waals surface area contributed by atoms with Gasteiger partial charge in [-0.2, -0.15) is 0 Å². The number of hydrogen-bond donors (Lipinski definition) is 2. The molecule has 0 aromatic heterocycles. The SMILES string of the molecule is CS(=O)(=O)NCCN=C1NC2CCCC2CS1. The fourth-order valence-electron chi connectivity index (χ4n) is 2.29. The van der Waals surface area contributed by atoms with E-state index >= 15 is 0 Å². The molecule has 1 saturated heterocycles. The van der Waals surface area contributed by atoms with Gasteiger partial charge in [-0.15, -0.1) is 0 Å². The monoisotopic (exact) mass is 277 g/mol. The Kier molecular flexibility index (Phi) is 4.32. The Hall–Kier alpha value is -0.270. The van der Waals surface area contributed by atoms with Crippen LogP contribution >= 0.6 is 11.8 Å². The first kappa shape index (κ1) is 13.2. The maximum atomic E-state index is 10.9. The second kappa shape index (κ2) is 5.58. The van der Waals surface area contributed by atoms with Gasteiger partial charge in [-0.3, -0.25) is 4.99 Å². The largest absolute Gasteiger partial charge is 0.362 e. The molecule has 1 aliphatic heterocycles. The predicted octanol–water partition coefficient (Wildman–Crippen LogP) is 0.397. The second-order valence-electron chi connectivity index (χ2n) is 4.61. The van der Waals surface area contributed by atoms with Crippen molar-refractivity contribution in [3.8, 4) is 0 Å². The van der Waals surface area contributed by atoms with E-state index in [9.17, 15) is 8.42 Å². The Bertz CT molecular complexity index is 394. The number of thioether (sulfide) groups is 1. The number of fused-ring (bicyclic) bond motifs is 1. The molecule has 1 saturated carbocycles. The van der Waals surface area contributed by atoms with E-state index in [1.807, 2.05) is 0 Å². The molecule has 0 spiro atoms. The lowest BCUT2D eigenvalue weighted by Gasteiger charge is -2.28. The van der Waals surface area contributed by atoms with Gasteiger partial charge in [-0.05, 0) is 18.8 Å². The van der Waals surface area contributed by atoms with Crippen LogP contribution < -0.4 is 10.0 Å². The minimum absolute atomic E-state index is 0.374. The van der Waals surface area contributed by atoms with Gasteiger partial charge in [0.1, 0.15) is 0 Å². The average molecular weight is 277 g/mol. The molecule has 2 atom stereocenters. The van der Waals surface area contributed by atoms with Crippen LogP contribution in [-0.4, -0.2) is 44.7 Å². The van der Waals surface area contributed by atoms with E-state index in [2.05, 4.69) is 15.0 Å². The zero-order valence-corrected chi connectivity index (χ0v) is 11.6. The van der Waals surface area contributed by atoms with Gasteiger partial charge in [0, 0.05) is 18.3 Å². The van der Waals surface area contributed by atoms with E-state index in [1.165, 1.54) is 19.3 Å². The number of nitrogens with one attached hydrogen (secondary N) is 2. The van der Waals surface area contributed by atoms with E-state index < -0.39 is 10.0 Å². The molecule has 0 radical (unpaired) electrons. The van der Waals surface area contributed by atoms with Gasteiger partial charge in [0.05, 0.1) is 12.8 Å². The number of hydrogen-bond acceptors (Lipinski definition) is 4. The van der Waals surface area contributed by atoms with Crippen LogP contribution in [0, 0.1) is 5.92 Å². The number of amidine groups is 1. The van der Waals surface area contributed by atoms with Gasteiger partial charge in [0.25, 0.3) is 0 Å². The first-order valence-electron chi connectivity index (χ1n) is 5.93. The van der Waals surface area contributed by atoms with Crippen LogP contribution in [0.2, 0.25) is 0 Å². The highest BCUT2D eigenvalue weighted by molar-refractivity contribution is 8.13. The van der Waals surface area contributed by atoms with Crippen LogP contribution in [0.15, 0.2) is 4.99 Å². The van der Waals surface area contributed by atoms with Crippen molar-refractivity contribution in [1.82, 2.24) is 10.0 Å². The van der Waals surface area contributed by atoms with E-state index in [4.69, 9.17) is 0 Å². The quantitative estimate of drug-likeness (QED) is 0.730. The van der Waals surface area contributed by atoms with Gasteiger partial charge >= 0.3 is 0 Å². The molecule has 1 aliphatic carbocycles. The molecule has 2 unspecified atom stereocenters. The lowest BCUT2D eigenvalue weighted by Crippen LogP contribution is -2.41. The first-order chi connectivity index (χ1) is 8.04. The first-order valence-corrected chi connectivity index (χ1v) is 8.81. The van der Waals surface area contributed by atoms with Crippen LogP contribution in [0.4, 0.5) is 0 Å². The molecule has 0 amide bonds. The van der Waals surface area contributed by atoms with Gasteiger partial charge in [0.15, 0.2) is 5.17 Å². The van der Waals surface area contributed by atoms with Crippen molar-refractivity contribution in [3.05, 3.63) is 0 Å². The zero-order chi connectivity index (χ0) is 12.3. The summed E-state index contributed by atoms with van der Waals surface area (Å²) < 4.78 is 24.1. The minimum atomic E-state index is -3.09. The van der Waals surface area contributed by atoms with Gasteiger partial charge < -0.3 is 5.32 Å². The Balaban J connectivity index is 1.75. The van der Waals surface area contributed by atoms with Crippen molar-refractivity contribution in [2.24, 2.45) is 10.9 Å². The van der Waals surface area contributed by atoms with Crippen LogP contribution in [0.5, 0.6) is 0 Å². The molecule has 2 N–H and O–H groups in total. The highest BCUT2D eigenvalue weighted by Crippen LogP contribution is 2.32. The number of nitrogens with zero attached hydrogens (tertiary/aromatic N) is 1. The van der Waals surface area contributed by atoms with E-state index in [-0.39, 0.29) is 0 Å². The number of sulfonamides is 1. The molecule has 1 heterocycles. The fraction of sp³-hybridized carbons (Fsp3) is 0.900. The van der Waals surface area contributed by atoms with E-state index in [0.29, 0.717) is 19.1 Å². The topological polar surface area (TPSA) is 70.6 Å². The standard InChI is InChI=1S/C10H19N3O2S2/c1-17(14,15)12-6-5-11-10-13-9-4-2-3-8(9)7-16-10/h8-9,12H,2-7H2,1H3,(H,11,13). The van der Waals surface area contributed by atoms with Crippen LogP contribution in [0.25, 0.3) is 0 Å². The summed E-state index contributed by atoms with van der Waals surface area (Å²) in [6.07, 6.45) is 5.04. The summed E-state index contributed by atoms with van der Waals surface area (Å²) in [5.41, 5.74) is 0. The molecule has 0 aromatic rings. The molecular formula is C10H19N3O2S2. The third-order valence-electron chi connectivity index (χ3n) is 3.13. The lowest BCUT2D eigenvalue weighted by atomic mass is 10.1. The molecule has 2 rings (SSSR count). The molecule has 2 aliphatic rings. The highest BCUT2D eigenvalue weighted by Gasteiger charge is 2.31. The molecule has 2 fully saturated rings. The van der Waals surface area contributed by atoms with Crippen molar-refractivity contribution < 1.29 is 8.42 Å². The smallest absolute Gasteiger partial charge is 0.208 e. The zero-order valence-electron chi connectivity index (χ0n) is 9.98. The Morgan fingerprint density at radius 2 is 2.35 bits per heavy atom. The van der Waals surface area contributed by atoms with Crippen LogP contribution in [0.3, 0.4) is 0 Å². The molecule has 0 aromatic carbocycles. The Morgan fingerprint density at radius 1 is 1.53 bits per heavy atom. The molecule has 98 valence electrons. The highest BCUT2D eigenvalue weighted by atomic mass is 32.2. The summed E-state index contributed by atoms with van der Waals surface area (Å²) >= 11 is 1.76. The predicted molar refractivity (Wildman–Crippen MR) is 71.9 cm³/mol. The van der Waals surface area contributed by atoms with E-state index in [0.717, 1.165) is 23.1 Å². The van der Waals surface area contributed by atoms with Crippen molar-refractivity contribution in [2.75, 3.05) is 25.1 Å². The molecule has 5 nitrogen and oxygen atoms in total. The molecule has 0 bridgehead atoms. The Labute approximate surface area is 107 Å². The summed E-state index contributed by atoms with van der Waals surface area (Å²) in [5, 5.41) is 4.42. The van der Waals surface area contributed by atoms with Crippen LogP contribution in [-0.2, 0) is 10.0 Å². The van der Waals surface area contributed by atoms with Gasteiger partial charge in [-0.25, -0.2) is 13.1 Å². The third kappa shape index (κ3) is 4.15. The number of rotatable bonds is 4. The average Bonchev–Trinajstić information content (AvgIpc) is 2.70. The second-order valence-corrected chi connectivity index (χ2v) is 7.45. The van der Waals surface area contributed by atoms with E-state index in [1.54, 1.807) is 11.8 Å². The molecule has 17 heavy (non-hydrogen) atoms. The molecule has 7 heteroatoms. The molecular weight excluding hydrogens is 258 g/mol. The summed E-state index contributed by atoms with van der Waals surface area (Å²) in [4.78, 5) is 4.39. The Morgan fingerprint density at radius 3 is 3.12 bits per heavy atom. The maximum Gasteiger partial charge on any atom is 0.208 e. The lowest BCUT2D eigenvalue weighted by molar-refractivity contribution is 0.489. The van der Waals surface area contributed by atoms with Crippen molar-refractivity contribution in [1.29, 1.82) is 0 Å². The minimum Gasteiger partial charge on any atom is -0.362 e. The van der Waals surface area contributed by atoms with Crippen molar-refractivity contribution in [3.63, 3.8) is 0 Å². The van der Waals surface area contributed by atoms with Gasteiger partial charge in [-0.1, -0.05) is 18.2 Å². The number of aliphatic imine (C=N–C) groups is 1. The van der Waals surface area contributed by atoms with Gasteiger partial charge in [0.2, 0.25) is 10.0 Å². The third-order valence-corrected chi connectivity index (χ3v) is 4.98. The summed E-state index contributed by atoms with van der Waals surface area (Å²) in [5.74, 6) is 1.95. The van der Waals surface area contributed by atoms with Crippen molar-refractivity contribution in [2.45, 2.75) is 25.3 Å². The normalized spacial score (nSPS) is 31.2. The summed E-state index contributed by atoms with van der Waals surface area (Å²) in [6.45, 7) is 0.873. The summed E-state index contributed by atoms with van der Waals surface area (Å²) in [6, 6.07) is 0.595. The van der Waals surface area contributed by atoms with Crippen LogP contribution in [0.1, 0.15) is 19.3 Å². The summed E-state index contributed by atoms with van der Waals surface area (Å²) in [7, 11) is -3.09. The fourth-order valence-corrected chi connectivity index (χ4v) is 3.94.